The van der Waals surface area contributed by atoms with Crippen LogP contribution in [0.1, 0.15) is 18.1 Å². The molecule has 17 heavy (non-hydrogen) atoms. The summed E-state index contributed by atoms with van der Waals surface area (Å²) in [5, 5.41) is 8.96. The lowest BCUT2D eigenvalue weighted by Gasteiger charge is -2.12. The second-order valence-electron chi connectivity index (χ2n) is 3.84. The van der Waals surface area contributed by atoms with E-state index in [0.717, 1.165) is 12.0 Å². The third-order valence-electron chi connectivity index (χ3n) is 2.52. The molecule has 0 heterocycles. The van der Waals surface area contributed by atoms with Crippen molar-refractivity contribution in [3.8, 4) is 0 Å². The molecule has 0 aliphatic carbocycles. The molecule has 1 rings (SSSR count). The van der Waals surface area contributed by atoms with E-state index in [1.54, 1.807) is 6.92 Å². The van der Waals surface area contributed by atoms with Crippen LogP contribution in [0.2, 0.25) is 0 Å². The maximum Gasteiger partial charge on any atom is 0.333 e. The molecule has 0 fully saturated rings. The third kappa shape index (κ3) is 4.54. The van der Waals surface area contributed by atoms with Gasteiger partial charge in [-0.1, -0.05) is 24.3 Å². The van der Waals surface area contributed by atoms with Gasteiger partial charge in [0.25, 0.3) is 0 Å². The Morgan fingerprint density at radius 2 is 1.94 bits per heavy atom. The van der Waals surface area contributed by atoms with Gasteiger partial charge in [-0.2, -0.15) is 0 Å². The number of carbonyl (C=O) groups is 1. The minimum atomic E-state index is -0.919. The van der Waals surface area contributed by atoms with Crippen LogP contribution in [-0.2, 0) is 22.4 Å². The Balaban J connectivity index is 2.63. The van der Waals surface area contributed by atoms with Crippen molar-refractivity contribution in [1.29, 1.82) is 0 Å². The number of benzene rings is 1. The molecule has 4 nitrogen and oxygen atoms in total. The highest BCUT2D eigenvalue weighted by atomic mass is 16.5. The highest BCUT2D eigenvalue weighted by molar-refractivity contribution is 5.72. The molecule has 0 unspecified atom stereocenters. The average Bonchev–Trinajstić information content (AvgIpc) is 2.31. The van der Waals surface area contributed by atoms with Crippen molar-refractivity contribution in [2.24, 2.45) is 5.73 Å². The molecule has 0 saturated carbocycles. The number of ether oxygens (including phenoxy) is 1. The molecule has 0 aliphatic heterocycles. The molecular weight excluding hydrogens is 218 g/mol. The summed E-state index contributed by atoms with van der Waals surface area (Å²) in [7, 11) is 0. The Bertz CT molecular complexity index is 348. The first-order valence-corrected chi connectivity index (χ1v) is 5.79. The first-order chi connectivity index (χ1) is 8.17. The van der Waals surface area contributed by atoms with E-state index in [1.165, 1.54) is 5.56 Å². The van der Waals surface area contributed by atoms with Crippen LogP contribution in [0.4, 0.5) is 0 Å². The van der Waals surface area contributed by atoms with Gasteiger partial charge in [0, 0.05) is 13.0 Å². The van der Waals surface area contributed by atoms with E-state index in [2.05, 4.69) is 0 Å². The van der Waals surface area contributed by atoms with Gasteiger partial charge in [-0.05, 0) is 31.0 Å². The number of hydrogen-bond donors (Lipinski definition) is 2. The van der Waals surface area contributed by atoms with Crippen molar-refractivity contribution in [2.45, 2.75) is 25.9 Å². The highest BCUT2D eigenvalue weighted by Gasteiger charge is 2.17. The molecule has 0 aliphatic rings. The number of carboxylic acid groups (broad SMARTS) is 1. The van der Waals surface area contributed by atoms with Gasteiger partial charge in [-0.15, -0.1) is 0 Å². The smallest absolute Gasteiger partial charge is 0.333 e. The second-order valence-corrected chi connectivity index (χ2v) is 3.84. The van der Waals surface area contributed by atoms with Crippen LogP contribution < -0.4 is 5.73 Å². The van der Waals surface area contributed by atoms with Crippen molar-refractivity contribution in [3.05, 3.63) is 35.4 Å². The van der Waals surface area contributed by atoms with Gasteiger partial charge < -0.3 is 15.6 Å². The Morgan fingerprint density at radius 1 is 1.35 bits per heavy atom. The maximum atomic E-state index is 10.9. The molecule has 0 bridgehead atoms. The Morgan fingerprint density at radius 3 is 2.41 bits per heavy atom. The molecule has 3 N–H and O–H groups in total. The Hall–Kier alpha value is -1.39. The summed E-state index contributed by atoms with van der Waals surface area (Å²) >= 11 is 0. The van der Waals surface area contributed by atoms with Gasteiger partial charge in [0.2, 0.25) is 0 Å². The summed E-state index contributed by atoms with van der Waals surface area (Å²) in [6.07, 6.45) is 0.473. The van der Waals surface area contributed by atoms with E-state index >= 15 is 0 Å². The SMILES string of the molecule is CCO[C@@H](Cc1ccc(CCN)cc1)C(=O)O. The summed E-state index contributed by atoms with van der Waals surface area (Å²) in [4.78, 5) is 10.9. The molecule has 0 saturated heterocycles. The first kappa shape index (κ1) is 13.7. The second kappa shape index (κ2) is 7.04. The molecule has 1 aromatic rings. The van der Waals surface area contributed by atoms with E-state index in [4.69, 9.17) is 15.6 Å². The molecular formula is C13H19NO3. The fourth-order valence-electron chi connectivity index (χ4n) is 1.64. The first-order valence-electron chi connectivity index (χ1n) is 5.79. The van der Waals surface area contributed by atoms with E-state index in [0.29, 0.717) is 19.6 Å². The summed E-state index contributed by atoms with van der Waals surface area (Å²) in [5.74, 6) is -0.919. The predicted octanol–water partition coefficient (Wildman–Crippen LogP) is 1.22. The van der Waals surface area contributed by atoms with Crippen LogP contribution in [0.3, 0.4) is 0 Å². The number of nitrogens with two attached hydrogens (primary N) is 1. The minimum absolute atomic E-state index is 0.395. The zero-order valence-corrected chi connectivity index (χ0v) is 10.1. The Kier molecular flexibility index (Phi) is 5.66. The fourth-order valence-corrected chi connectivity index (χ4v) is 1.64. The fraction of sp³-hybridized carbons (Fsp3) is 0.462. The largest absolute Gasteiger partial charge is 0.479 e. The highest BCUT2D eigenvalue weighted by Crippen LogP contribution is 2.09. The van der Waals surface area contributed by atoms with Crippen LogP contribution in [0.5, 0.6) is 0 Å². The molecule has 1 atom stereocenters. The lowest BCUT2D eigenvalue weighted by molar-refractivity contribution is -0.149. The number of hydrogen-bond acceptors (Lipinski definition) is 3. The number of rotatable bonds is 7. The van der Waals surface area contributed by atoms with Gasteiger partial charge in [-0.25, -0.2) is 4.79 Å². The van der Waals surface area contributed by atoms with Crippen molar-refractivity contribution in [1.82, 2.24) is 0 Å². The lowest BCUT2D eigenvalue weighted by atomic mass is 10.0. The zero-order valence-electron chi connectivity index (χ0n) is 10.1. The van der Waals surface area contributed by atoms with Gasteiger partial charge in [0.15, 0.2) is 6.10 Å². The zero-order chi connectivity index (χ0) is 12.7. The van der Waals surface area contributed by atoms with Crippen molar-refractivity contribution in [2.75, 3.05) is 13.2 Å². The minimum Gasteiger partial charge on any atom is -0.479 e. The monoisotopic (exact) mass is 237 g/mol. The molecule has 0 amide bonds. The summed E-state index contributed by atoms with van der Waals surface area (Å²) in [6.45, 7) is 2.82. The molecule has 94 valence electrons. The van der Waals surface area contributed by atoms with Crippen LogP contribution in [0.15, 0.2) is 24.3 Å². The van der Waals surface area contributed by atoms with Gasteiger partial charge in [-0.3, -0.25) is 0 Å². The van der Waals surface area contributed by atoms with Crippen molar-refractivity contribution in [3.63, 3.8) is 0 Å². The van der Waals surface area contributed by atoms with Gasteiger partial charge in [0.05, 0.1) is 0 Å². The standard InChI is InChI=1S/C13H19NO3/c1-2-17-12(13(15)16)9-11-5-3-10(4-6-11)7-8-14/h3-6,12H,2,7-9,14H2,1H3,(H,15,16)/t12-/m0/s1. The molecule has 1 aromatic carbocycles. The van der Waals surface area contributed by atoms with Crippen molar-refractivity contribution >= 4 is 5.97 Å². The third-order valence-corrected chi connectivity index (χ3v) is 2.52. The molecule has 4 heteroatoms. The van der Waals surface area contributed by atoms with Gasteiger partial charge in [0.1, 0.15) is 0 Å². The lowest BCUT2D eigenvalue weighted by Crippen LogP contribution is -2.26. The molecule has 0 aromatic heterocycles. The quantitative estimate of drug-likeness (QED) is 0.748. The van der Waals surface area contributed by atoms with E-state index in [9.17, 15) is 4.79 Å². The average molecular weight is 237 g/mol. The van der Waals surface area contributed by atoms with E-state index in [1.807, 2.05) is 24.3 Å². The van der Waals surface area contributed by atoms with Crippen molar-refractivity contribution < 1.29 is 14.6 Å². The number of aliphatic carboxylic acids is 1. The molecule has 0 radical (unpaired) electrons. The van der Waals surface area contributed by atoms with E-state index in [-0.39, 0.29) is 0 Å². The van der Waals surface area contributed by atoms with Crippen LogP contribution in [-0.4, -0.2) is 30.3 Å². The van der Waals surface area contributed by atoms with Crippen LogP contribution in [0, 0.1) is 0 Å². The Labute approximate surface area is 101 Å². The summed E-state index contributed by atoms with van der Waals surface area (Å²) in [5.41, 5.74) is 7.59. The maximum absolute atomic E-state index is 10.9. The number of carboxylic acids is 1. The predicted molar refractivity (Wildman–Crippen MR) is 66.0 cm³/mol. The normalized spacial score (nSPS) is 12.4. The van der Waals surface area contributed by atoms with Crippen LogP contribution in [0.25, 0.3) is 0 Å². The summed E-state index contributed by atoms with van der Waals surface area (Å²) < 4.78 is 5.17. The summed E-state index contributed by atoms with van der Waals surface area (Å²) in [6, 6.07) is 7.82. The van der Waals surface area contributed by atoms with E-state index < -0.39 is 12.1 Å². The van der Waals surface area contributed by atoms with Gasteiger partial charge >= 0.3 is 5.97 Å². The molecule has 0 spiro atoms. The van der Waals surface area contributed by atoms with Crippen LogP contribution >= 0.6 is 0 Å². The topological polar surface area (TPSA) is 72.5 Å².